The summed E-state index contributed by atoms with van der Waals surface area (Å²) in [6.45, 7) is 0. The molecule has 0 bridgehead atoms. The molecule has 10 aromatic rings. The summed E-state index contributed by atoms with van der Waals surface area (Å²) in [5.41, 5.74) is 7.91. The van der Waals surface area contributed by atoms with E-state index in [0.717, 1.165) is 38.6 Å². The Labute approximate surface area is 262 Å². The fraction of sp³-hybridized carbons (Fsp3) is 0. The molecule has 210 valence electrons. The predicted octanol–water partition coefficient (Wildman–Crippen LogP) is 10.7. The van der Waals surface area contributed by atoms with Crippen molar-refractivity contribution in [1.29, 1.82) is 0 Å². The van der Waals surface area contributed by atoms with E-state index in [1.54, 1.807) is 11.3 Å². The lowest BCUT2D eigenvalue weighted by atomic mass is 10.1. The van der Waals surface area contributed by atoms with Crippen molar-refractivity contribution < 1.29 is 0 Å². The number of fused-ring (bicyclic) bond motifs is 8. The van der Waals surface area contributed by atoms with E-state index in [2.05, 4.69) is 143 Å². The van der Waals surface area contributed by atoms with Crippen molar-refractivity contribution in [3.63, 3.8) is 0 Å². The molecule has 0 saturated carbocycles. The lowest BCUT2D eigenvalue weighted by Crippen LogP contribution is -1.98. The van der Waals surface area contributed by atoms with Crippen LogP contribution in [0.1, 0.15) is 0 Å². The number of pyridine rings is 1. The second kappa shape index (κ2) is 9.36. The maximum absolute atomic E-state index is 4.98. The molecule has 10 rings (SSSR count). The highest BCUT2D eigenvalue weighted by atomic mass is 32.1. The Balaban J connectivity index is 1.28. The Kier molecular flexibility index (Phi) is 5.12. The fourth-order valence-corrected chi connectivity index (χ4v) is 7.90. The van der Waals surface area contributed by atoms with Gasteiger partial charge in [0.05, 0.1) is 32.3 Å². The highest BCUT2D eigenvalue weighted by molar-refractivity contribution is 7.21. The third kappa shape index (κ3) is 3.65. The van der Waals surface area contributed by atoms with E-state index in [0.29, 0.717) is 0 Å². The minimum Gasteiger partial charge on any atom is -0.309 e. The molecule has 4 heterocycles. The third-order valence-electron chi connectivity index (χ3n) is 8.97. The Hall–Kier alpha value is -5.78. The van der Waals surface area contributed by atoms with E-state index in [-0.39, 0.29) is 0 Å². The third-order valence-corrected chi connectivity index (χ3v) is 10.1. The first-order valence-corrected chi connectivity index (χ1v) is 15.9. The SMILES string of the molecule is c1ccc(-n2c3cc(-n4c5ccccc5c5ccc(-c6nc7ccccc7s6)cc54)ccc3c3cc4ccccc4cc32)nc1. The van der Waals surface area contributed by atoms with Crippen LogP contribution in [0.5, 0.6) is 0 Å². The molecule has 0 atom stereocenters. The summed E-state index contributed by atoms with van der Waals surface area (Å²) in [6.07, 6.45) is 1.87. The van der Waals surface area contributed by atoms with Crippen molar-refractivity contribution >= 4 is 75.9 Å². The van der Waals surface area contributed by atoms with Gasteiger partial charge in [-0.2, -0.15) is 0 Å². The molecule has 0 unspecified atom stereocenters. The van der Waals surface area contributed by atoms with Crippen LogP contribution in [0.25, 0.3) is 86.7 Å². The van der Waals surface area contributed by atoms with E-state index in [4.69, 9.17) is 9.97 Å². The number of rotatable bonds is 3. The van der Waals surface area contributed by atoms with Gasteiger partial charge in [-0.15, -0.1) is 11.3 Å². The minimum atomic E-state index is 0.908. The molecule has 0 radical (unpaired) electrons. The van der Waals surface area contributed by atoms with E-state index >= 15 is 0 Å². The second-order valence-electron chi connectivity index (χ2n) is 11.5. The zero-order chi connectivity index (χ0) is 29.5. The zero-order valence-corrected chi connectivity index (χ0v) is 24.9. The predicted molar refractivity (Wildman–Crippen MR) is 189 cm³/mol. The first-order valence-electron chi connectivity index (χ1n) is 15.1. The van der Waals surface area contributed by atoms with Crippen LogP contribution in [0, 0.1) is 0 Å². The van der Waals surface area contributed by atoms with Crippen LogP contribution in [0.2, 0.25) is 0 Å². The van der Waals surface area contributed by atoms with Gasteiger partial charge < -0.3 is 4.57 Å². The van der Waals surface area contributed by atoms with Gasteiger partial charge in [-0.1, -0.05) is 78.9 Å². The number of aromatic nitrogens is 4. The summed E-state index contributed by atoms with van der Waals surface area (Å²) in [5, 5.41) is 8.39. The van der Waals surface area contributed by atoms with Gasteiger partial charge in [0.1, 0.15) is 10.8 Å². The van der Waals surface area contributed by atoms with Gasteiger partial charge >= 0.3 is 0 Å². The van der Waals surface area contributed by atoms with Crippen molar-refractivity contribution in [2.24, 2.45) is 0 Å². The van der Waals surface area contributed by atoms with Crippen molar-refractivity contribution in [2.75, 3.05) is 0 Å². The van der Waals surface area contributed by atoms with Crippen LogP contribution in [-0.4, -0.2) is 19.1 Å². The van der Waals surface area contributed by atoms with Crippen molar-refractivity contribution in [1.82, 2.24) is 19.1 Å². The molecule has 0 spiro atoms. The van der Waals surface area contributed by atoms with Gasteiger partial charge in [-0.05, 0) is 71.4 Å². The summed E-state index contributed by atoms with van der Waals surface area (Å²) in [7, 11) is 0. The van der Waals surface area contributed by atoms with Crippen molar-refractivity contribution in [2.45, 2.75) is 0 Å². The summed E-state index contributed by atoms with van der Waals surface area (Å²) in [6, 6.07) is 50.0. The molecule has 0 amide bonds. The number of benzene rings is 6. The quantitative estimate of drug-likeness (QED) is 0.205. The minimum absolute atomic E-state index is 0.908. The van der Waals surface area contributed by atoms with Gasteiger partial charge in [0.15, 0.2) is 0 Å². The molecule has 0 aliphatic heterocycles. The van der Waals surface area contributed by atoms with Gasteiger partial charge in [0, 0.05) is 39.0 Å². The second-order valence-corrected chi connectivity index (χ2v) is 12.5. The Morgan fingerprint density at radius 3 is 2.09 bits per heavy atom. The summed E-state index contributed by atoms with van der Waals surface area (Å²) in [5.74, 6) is 0.908. The summed E-state index contributed by atoms with van der Waals surface area (Å²) in [4.78, 5) is 9.79. The van der Waals surface area contributed by atoms with Gasteiger partial charge in [0.25, 0.3) is 0 Å². The molecule has 5 heteroatoms. The normalized spacial score (nSPS) is 12.0. The Bertz CT molecular complexity index is 2730. The molecule has 4 aromatic heterocycles. The van der Waals surface area contributed by atoms with Crippen molar-refractivity contribution in [3.05, 3.63) is 146 Å². The maximum Gasteiger partial charge on any atom is 0.137 e. The number of para-hydroxylation sites is 2. The molecule has 0 saturated heterocycles. The molecule has 0 fully saturated rings. The summed E-state index contributed by atoms with van der Waals surface area (Å²) >= 11 is 1.74. The van der Waals surface area contributed by atoms with Gasteiger partial charge in [0.2, 0.25) is 0 Å². The van der Waals surface area contributed by atoms with E-state index in [1.807, 2.05) is 12.3 Å². The molecule has 45 heavy (non-hydrogen) atoms. The molecule has 6 aromatic carbocycles. The van der Waals surface area contributed by atoms with Crippen LogP contribution in [0.15, 0.2) is 146 Å². The fourth-order valence-electron chi connectivity index (χ4n) is 6.94. The van der Waals surface area contributed by atoms with Gasteiger partial charge in [-0.3, -0.25) is 4.57 Å². The van der Waals surface area contributed by atoms with E-state index < -0.39 is 0 Å². The van der Waals surface area contributed by atoms with Crippen LogP contribution >= 0.6 is 11.3 Å². The molecule has 0 aliphatic rings. The number of thiazole rings is 1. The highest BCUT2D eigenvalue weighted by Gasteiger charge is 2.18. The molecular weight excluding hydrogens is 569 g/mol. The Morgan fingerprint density at radius 1 is 0.489 bits per heavy atom. The molecule has 4 nitrogen and oxygen atoms in total. The first-order chi connectivity index (χ1) is 22.3. The average Bonchev–Trinajstić information content (AvgIpc) is 3.77. The molecule has 0 aliphatic carbocycles. The van der Waals surface area contributed by atoms with Crippen LogP contribution in [0.3, 0.4) is 0 Å². The largest absolute Gasteiger partial charge is 0.309 e. The standard InChI is InChI=1S/C40H24N4S/c1-2-10-26-22-36-32(21-25(26)9-1)31-19-17-28(24-37(31)44(36)39-15-7-8-20-41-39)43-34-13-5-3-11-29(34)30-18-16-27(23-35(30)43)40-42-33-12-4-6-14-38(33)45-40/h1-24H. The zero-order valence-electron chi connectivity index (χ0n) is 24.1. The van der Waals surface area contributed by atoms with Gasteiger partial charge in [-0.25, -0.2) is 9.97 Å². The lowest BCUT2D eigenvalue weighted by Gasteiger charge is -2.11. The molecule has 0 N–H and O–H groups in total. The summed E-state index contributed by atoms with van der Waals surface area (Å²) < 4.78 is 5.91. The first kappa shape index (κ1) is 24.6. The van der Waals surface area contributed by atoms with Crippen LogP contribution in [0.4, 0.5) is 0 Å². The van der Waals surface area contributed by atoms with E-state index in [1.165, 1.54) is 48.1 Å². The Morgan fingerprint density at radius 2 is 1.20 bits per heavy atom. The number of hydrogen-bond donors (Lipinski definition) is 0. The monoisotopic (exact) mass is 592 g/mol. The maximum atomic E-state index is 4.98. The topological polar surface area (TPSA) is 35.6 Å². The van der Waals surface area contributed by atoms with Crippen LogP contribution < -0.4 is 0 Å². The average molecular weight is 593 g/mol. The number of hydrogen-bond acceptors (Lipinski definition) is 3. The molecular formula is C40H24N4S. The van der Waals surface area contributed by atoms with Crippen molar-refractivity contribution in [3.8, 4) is 22.1 Å². The van der Waals surface area contributed by atoms with E-state index in [9.17, 15) is 0 Å². The smallest absolute Gasteiger partial charge is 0.137 e. The highest BCUT2D eigenvalue weighted by Crippen LogP contribution is 2.39. The van der Waals surface area contributed by atoms with Crippen LogP contribution in [-0.2, 0) is 0 Å². The lowest BCUT2D eigenvalue weighted by molar-refractivity contribution is 1.08. The number of nitrogens with zero attached hydrogens (tertiary/aromatic N) is 4.